The number of likely N-dealkylation sites (N-methyl/N-ethyl adjacent to an activating group) is 1. The molecule has 0 amide bonds. The van der Waals surface area contributed by atoms with Gasteiger partial charge in [-0.05, 0) is 93.5 Å². The third-order valence-corrected chi connectivity index (χ3v) is 10.6. The molecule has 47 heavy (non-hydrogen) atoms. The van der Waals surface area contributed by atoms with Gasteiger partial charge >= 0.3 is 0 Å². The van der Waals surface area contributed by atoms with E-state index in [0.717, 1.165) is 59.8 Å². The Labute approximate surface area is 286 Å². The number of halogens is 1. The molecule has 0 saturated carbocycles. The quantitative estimate of drug-likeness (QED) is 0.245. The zero-order valence-electron chi connectivity index (χ0n) is 29.7. The van der Waals surface area contributed by atoms with Gasteiger partial charge in [-0.3, -0.25) is 0 Å². The summed E-state index contributed by atoms with van der Waals surface area (Å²) in [5.74, 6) is 0.853. The van der Waals surface area contributed by atoms with E-state index in [1.54, 1.807) is 21.3 Å². The predicted octanol–water partition coefficient (Wildman–Crippen LogP) is 8.74. The van der Waals surface area contributed by atoms with E-state index in [9.17, 15) is 5.11 Å². The standard InChI is InChI=1S/C40H52ClN2O4/c1-10-42-34(39(3,4)32-20-26(23-44)19-29(24-45-7)37(32)42)17-15-27-13-12-14-28(36(27)41)16-18-35-40(5,6)33-22-31(47-9)21-30(25-46-8)38(33)43(35)11-2/h15-22,44H,10-14,23-25H2,1-9H3/q+1. The average Bonchev–Trinajstić information content (AvgIpc) is 3.41. The maximum absolute atomic E-state index is 10.0. The van der Waals surface area contributed by atoms with Gasteiger partial charge in [0.1, 0.15) is 12.3 Å². The number of aliphatic hydroxyl groups is 1. The molecule has 1 aliphatic carbocycles. The van der Waals surface area contributed by atoms with Gasteiger partial charge in [-0.15, -0.1) is 0 Å². The average molecular weight is 660 g/mol. The van der Waals surface area contributed by atoms with Crippen LogP contribution in [0.25, 0.3) is 0 Å². The molecule has 2 aromatic carbocycles. The number of benzene rings is 2. The van der Waals surface area contributed by atoms with Crippen molar-refractivity contribution in [3.05, 3.63) is 98.3 Å². The Bertz CT molecular complexity index is 1690. The van der Waals surface area contributed by atoms with Crippen molar-refractivity contribution in [2.24, 2.45) is 0 Å². The second-order valence-electron chi connectivity index (χ2n) is 13.8. The van der Waals surface area contributed by atoms with E-state index in [1.807, 2.05) is 0 Å². The lowest BCUT2D eigenvalue weighted by Gasteiger charge is -2.26. The second kappa shape index (κ2) is 14.1. The summed E-state index contributed by atoms with van der Waals surface area (Å²) < 4.78 is 19.3. The molecule has 7 heteroatoms. The molecule has 0 aromatic heterocycles. The molecule has 0 unspecified atom stereocenters. The molecule has 0 fully saturated rings. The number of allylic oxidation sites excluding steroid dienone is 8. The predicted molar refractivity (Wildman–Crippen MR) is 193 cm³/mol. The summed E-state index contributed by atoms with van der Waals surface area (Å²) in [5, 5.41) is 10.9. The molecular formula is C40H52ClN2O4+. The summed E-state index contributed by atoms with van der Waals surface area (Å²) in [4.78, 5) is 2.39. The summed E-state index contributed by atoms with van der Waals surface area (Å²) in [6.45, 7) is 16.2. The third-order valence-electron chi connectivity index (χ3n) is 10.2. The fourth-order valence-corrected chi connectivity index (χ4v) is 8.08. The lowest BCUT2D eigenvalue weighted by atomic mass is 9.80. The van der Waals surface area contributed by atoms with E-state index in [1.165, 1.54) is 45.1 Å². The lowest BCUT2D eigenvalue weighted by Crippen LogP contribution is -2.27. The van der Waals surface area contributed by atoms with Crippen molar-refractivity contribution in [2.75, 3.05) is 39.3 Å². The topological polar surface area (TPSA) is 54.2 Å². The normalized spacial score (nSPS) is 20.3. The summed E-state index contributed by atoms with van der Waals surface area (Å²) in [6, 6.07) is 8.48. The van der Waals surface area contributed by atoms with Crippen LogP contribution in [0.3, 0.4) is 0 Å². The lowest BCUT2D eigenvalue weighted by molar-refractivity contribution is -0.433. The van der Waals surface area contributed by atoms with Gasteiger partial charge in [0.25, 0.3) is 0 Å². The number of fused-ring (bicyclic) bond motifs is 2. The first-order valence-corrected chi connectivity index (χ1v) is 17.2. The van der Waals surface area contributed by atoms with E-state index >= 15 is 0 Å². The molecule has 0 atom stereocenters. The highest BCUT2D eigenvalue weighted by atomic mass is 35.5. The summed E-state index contributed by atoms with van der Waals surface area (Å²) in [7, 11) is 5.18. The van der Waals surface area contributed by atoms with Crippen LogP contribution in [0.5, 0.6) is 5.75 Å². The molecule has 2 heterocycles. The van der Waals surface area contributed by atoms with Crippen LogP contribution in [0.2, 0.25) is 0 Å². The van der Waals surface area contributed by atoms with Gasteiger partial charge in [0, 0.05) is 54.1 Å². The number of aliphatic hydroxyl groups excluding tert-OH is 1. The molecule has 0 bridgehead atoms. The zero-order chi connectivity index (χ0) is 34.1. The summed E-state index contributed by atoms with van der Waals surface area (Å²) in [6.07, 6.45) is 11.9. The minimum atomic E-state index is -0.239. The van der Waals surface area contributed by atoms with Crippen molar-refractivity contribution >= 4 is 28.7 Å². The molecule has 2 aliphatic heterocycles. The fraction of sp³-hybridized carbons (Fsp3) is 0.475. The number of ether oxygens (including phenoxy) is 3. The van der Waals surface area contributed by atoms with E-state index in [4.69, 9.17) is 25.8 Å². The van der Waals surface area contributed by atoms with Crippen LogP contribution in [-0.4, -0.2) is 49.8 Å². The van der Waals surface area contributed by atoms with Crippen molar-refractivity contribution in [1.29, 1.82) is 0 Å². The Morgan fingerprint density at radius 1 is 0.894 bits per heavy atom. The molecule has 0 spiro atoms. The van der Waals surface area contributed by atoms with Crippen molar-refractivity contribution in [1.82, 2.24) is 0 Å². The van der Waals surface area contributed by atoms with Crippen LogP contribution in [0.15, 0.2) is 70.4 Å². The fourth-order valence-electron chi connectivity index (χ4n) is 7.77. The number of anilines is 1. The molecule has 3 aliphatic rings. The molecule has 1 N–H and O–H groups in total. The van der Waals surface area contributed by atoms with Gasteiger partial charge in [0.2, 0.25) is 5.69 Å². The Kier molecular flexibility index (Phi) is 10.6. The highest BCUT2D eigenvalue weighted by Crippen LogP contribution is 2.50. The maximum atomic E-state index is 10.0. The zero-order valence-corrected chi connectivity index (χ0v) is 30.5. The van der Waals surface area contributed by atoms with Crippen LogP contribution in [0.4, 0.5) is 11.4 Å². The Hall–Kier alpha value is -3.16. The van der Waals surface area contributed by atoms with Crippen molar-refractivity contribution in [3.8, 4) is 5.75 Å². The van der Waals surface area contributed by atoms with Gasteiger partial charge < -0.3 is 24.2 Å². The van der Waals surface area contributed by atoms with E-state index < -0.39 is 0 Å². The number of hydrogen-bond acceptors (Lipinski definition) is 5. The van der Waals surface area contributed by atoms with Crippen LogP contribution < -0.4 is 9.64 Å². The second-order valence-corrected chi connectivity index (χ2v) is 14.1. The Morgan fingerprint density at radius 3 is 2.26 bits per heavy atom. The van der Waals surface area contributed by atoms with E-state index in [0.29, 0.717) is 13.2 Å². The first-order chi connectivity index (χ1) is 22.5. The highest BCUT2D eigenvalue weighted by Gasteiger charge is 2.46. The van der Waals surface area contributed by atoms with E-state index in [2.05, 4.69) is 99.6 Å². The first-order valence-electron chi connectivity index (χ1n) is 16.9. The van der Waals surface area contributed by atoms with Crippen molar-refractivity contribution < 1.29 is 23.9 Å². The maximum Gasteiger partial charge on any atom is 0.215 e. The largest absolute Gasteiger partial charge is 0.497 e. The third kappa shape index (κ3) is 6.26. The van der Waals surface area contributed by atoms with Gasteiger partial charge in [-0.2, -0.15) is 4.58 Å². The van der Waals surface area contributed by atoms with Crippen molar-refractivity contribution in [3.63, 3.8) is 0 Å². The molecule has 0 radical (unpaired) electrons. The van der Waals surface area contributed by atoms with Gasteiger partial charge in [0.05, 0.1) is 43.6 Å². The summed E-state index contributed by atoms with van der Waals surface area (Å²) in [5.41, 5.74) is 12.4. The highest BCUT2D eigenvalue weighted by molar-refractivity contribution is 6.32. The first kappa shape index (κ1) is 35.2. The monoisotopic (exact) mass is 659 g/mol. The number of nitrogens with zero attached hydrogens (tertiary/aromatic N) is 2. The SMILES string of the molecule is CCN1C(=CC=C2CCCC(C=CC3=[N+](CC)c4c(COC)cc(OC)cc4C3(C)C)=C2Cl)C(C)(C)c2cc(CO)cc(COC)c21. The van der Waals surface area contributed by atoms with Gasteiger partial charge in [-0.1, -0.05) is 43.7 Å². The van der Waals surface area contributed by atoms with E-state index in [-0.39, 0.29) is 17.4 Å². The van der Waals surface area contributed by atoms with Crippen LogP contribution in [0, 0.1) is 0 Å². The number of hydrogen-bond donors (Lipinski definition) is 1. The van der Waals surface area contributed by atoms with Crippen LogP contribution in [0.1, 0.15) is 88.6 Å². The molecule has 2 aromatic rings. The van der Waals surface area contributed by atoms with Crippen molar-refractivity contribution in [2.45, 2.75) is 91.5 Å². The summed E-state index contributed by atoms with van der Waals surface area (Å²) >= 11 is 7.21. The number of methoxy groups -OCH3 is 3. The minimum Gasteiger partial charge on any atom is -0.497 e. The molecule has 6 nitrogen and oxygen atoms in total. The van der Waals surface area contributed by atoms with Crippen LogP contribution in [-0.2, 0) is 40.1 Å². The molecular weight excluding hydrogens is 608 g/mol. The molecule has 0 saturated heterocycles. The molecule has 252 valence electrons. The van der Waals surface area contributed by atoms with Gasteiger partial charge in [0.15, 0.2) is 5.71 Å². The minimum absolute atomic E-state index is 0.00688. The molecule has 5 rings (SSSR count). The number of rotatable bonds is 11. The van der Waals surface area contributed by atoms with Crippen LogP contribution >= 0.6 is 11.6 Å². The Morgan fingerprint density at radius 2 is 1.62 bits per heavy atom. The Balaban J connectivity index is 1.52. The smallest absolute Gasteiger partial charge is 0.215 e. The van der Waals surface area contributed by atoms with Gasteiger partial charge in [-0.25, -0.2) is 0 Å².